The van der Waals surface area contributed by atoms with E-state index in [-0.39, 0.29) is 18.0 Å². The Morgan fingerprint density at radius 2 is 2.17 bits per heavy atom. The normalized spacial score (nSPS) is 12.9. The first-order chi connectivity index (χ1) is 8.32. The average Bonchev–Trinajstić information content (AvgIpc) is 2.75. The Kier molecular flexibility index (Phi) is 5.30. The predicted molar refractivity (Wildman–Crippen MR) is 71.1 cm³/mol. The molecule has 0 atom stereocenters. The van der Waals surface area contributed by atoms with E-state index >= 15 is 0 Å². The van der Waals surface area contributed by atoms with Crippen LogP contribution >= 0.6 is 11.3 Å². The smallest absolute Gasteiger partial charge is 0.241 e. The fourth-order valence-electron chi connectivity index (χ4n) is 1.47. The molecule has 0 aliphatic rings. The molecule has 0 saturated heterocycles. The molecule has 7 heteroatoms. The van der Waals surface area contributed by atoms with Gasteiger partial charge >= 0.3 is 0 Å². The Balaban J connectivity index is 2.78. The maximum atomic E-state index is 12.1. The zero-order chi connectivity index (χ0) is 13.8. The molecule has 2 N–H and O–H groups in total. The molecule has 104 valence electrons. The lowest BCUT2D eigenvalue weighted by atomic mass is 10.1. The van der Waals surface area contributed by atoms with E-state index in [9.17, 15) is 8.42 Å². The zero-order valence-electron chi connectivity index (χ0n) is 10.8. The van der Waals surface area contributed by atoms with E-state index in [1.807, 2.05) is 20.8 Å². The van der Waals surface area contributed by atoms with Crippen molar-refractivity contribution < 1.29 is 18.3 Å². The summed E-state index contributed by atoms with van der Waals surface area (Å²) in [6, 6.07) is 1.49. The highest BCUT2D eigenvalue weighted by atomic mass is 32.2. The Morgan fingerprint density at radius 3 is 2.72 bits per heavy atom. The molecule has 0 aliphatic carbocycles. The fourth-order valence-corrected chi connectivity index (χ4v) is 3.96. The molecule has 0 radical (unpaired) electrons. The van der Waals surface area contributed by atoms with Gasteiger partial charge in [-0.25, -0.2) is 13.1 Å². The summed E-state index contributed by atoms with van der Waals surface area (Å²) < 4.78 is 32.0. The molecule has 1 heterocycles. The number of hydrogen-bond acceptors (Lipinski definition) is 5. The van der Waals surface area contributed by atoms with E-state index in [4.69, 9.17) is 9.84 Å². The largest absolute Gasteiger partial charge is 0.391 e. The Labute approximate surface area is 112 Å². The molecule has 0 saturated carbocycles. The standard InChI is InChI=1S/C11H19NO4S2/c1-4-16-11(2,3)8-12-18(14,15)10-5-6-17-9(10)7-13/h5-6,12-13H,4,7-8H2,1-3H3. The minimum Gasteiger partial charge on any atom is -0.391 e. The number of nitrogens with one attached hydrogen (secondary N) is 1. The van der Waals surface area contributed by atoms with Crippen LogP contribution in [0.1, 0.15) is 25.6 Å². The molecule has 1 aromatic rings. The first kappa shape index (κ1) is 15.6. The van der Waals surface area contributed by atoms with Crippen molar-refractivity contribution in [3.05, 3.63) is 16.3 Å². The van der Waals surface area contributed by atoms with Crippen molar-refractivity contribution in [1.82, 2.24) is 4.72 Å². The first-order valence-electron chi connectivity index (χ1n) is 5.63. The summed E-state index contributed by atoms with van der Waals surface area (Å²) in [5, 5.41) is 10.7. The average molecular weight is 293 g/mol. The third kappa shape index (κ3) is 4.03. The van der Waals surface area contributed by atoms with Gasteiger partial charge in [0.25, 0.3) is 0 Å². The third-order valence-electron chi connectivity index (χ3n) is 2.36. The van der Waals surface area contributed by atoms with Crippen molar-refractivity contribution in [2.75, 3.05) is 13.2 Å². The molecule has 18 heavy (non-hydrogen) atoms. The van der Waals surface area contributed by atoms with Gasteiger partial charge in [0.15, 0.2) is 0 Å². The molecule has 0 aromatic carbocycles. The summed E-state index contributed by atoms with van der Waals surface area (Å²) >= 11 is 1.22. The van der Waals surface area contributed by atoms with Crippen LogP contribution in [0.15, 0.2) is 16.3 Å². The maximum absolute atomic E-state index is 12.1. The molecule has 0 bridgehead atoms. The van der Waals surface area contributed by atoms with Crippen LogP contribution in [0.4, 0.5) is 0 Å². The summed E-state index contributed by atoms with van der Waals surface area (Å²) in [6.07, 6.45) is 0. The first-order valence-corrected chi connectivity index (χ1v) is 7.99. The van der Waals surface area contributed by atoms with E-state index in [0.717, 1.165) is 0 Å². The van der Waals surface area contributed by atoms with Crippen LogP contribution in [-0.4, -0.2) is 32.3 Å². The summed E-state index contributed by atoms with van der Waals surface area (Å²) in [7, 11) is -3.59. The number of aliphatic hydroxyl groups is 1. The van der Waals surface area contributed by atoms with Crippen molar-refractivity contribution in [3.8, 4) is 0 Å². The second-order valence-corrected chi connectivity index (χ2v) is 7.12. The summed E-state index contributed by atoms with van der Waals surface area (Å²) in [4.78, 5) is 0.582. The molecular weight excluding hydrogens is 274 g/mol. The van der Waals surface area contributed by atoms with Crippen molar-refractivity contribution in [2.45, 2.75) is 37.9 Å². The van der Waals surface area contributed by atoms with Crippen LogP contribution in [0, 0.1) is 0 Å². The van der Waals surface area contributed by atoms with Crippen molar-refractivity contribution in [1.29, 1.82) is 0 Å². The van der Waals surface area contributed by atoms with Gasteiger partial charge in [-0.05, 0) is 32.2 Å². The molecule has 1 aromatic heterocycles. The number of sulfonamides is 1. The second-order valence-electron chi connectivity index (χ2n) is 4.38. The van der Waals surface area contributed by atoms with Gasteiger partial charge in [0.05, 0.1) is 17.1 Å². The van der Waals surface area contributed by atoms with Gasteiger partial charge in [0, 0.05) is 18.0 Å². The number of ether oxygens (including phenoxy) is 1. The van der Waals surface area contributed by atoms with Gasteiger partial charge in [-0.15, -0.1) is 11.3 Å². The summed E-state index contributed by atoms with van der Waals surface area (Å²) in [5.74, 6) is 0. The molecule has 1 rings (SSSR count). The Hall–Kier alpha value is -0.470. The third-order valence-corrected chi connectivity index (χ3v) is 4.88. The molecule has 5 nitrogen and oxygen atoms in total. The van der Waals surface area contributed by atoms with E-state index in [2.05, 4.69) is 4.72 Å². The van der Waals surface area contributed by atoms with Crippen LogP contribution in [0.2, 0.25) is 0 Å². The van der Waals surface area contributed by atoms with E-state index < -0.39 is 15.6 Å². The lowest BCUT2D eigenvalue weighted by Gasteiger charge is -2.24. The summed E-state index contributed by atoms with van der Waals surface area (Å²) in [5.41, 5.74) is -0.558. The van der Waals surface area contributed by atoms with Gasteiger partial charge in [0.2, 0.25) is 10.0 Å². The highest BCUT2D eigenvalue weighted by molar-refractivity contribution is 7.89. The van der Waals surface area contributed by atoms with Crippen molar-refractivity contribution in [2.24, 2.45) is 0 Å². The molecule has 0 spiro atoms. The topological polar surface area (TPSA) is 75.6 Å². The SMILES string of the molecule is CCOC(C)(C)CNS(=O)(=O)c1ccsc1CO. The van der Waals surface area contributed by atoms with Gasteiger partial charge < -0.3 is 9.84 Å². The van der Waals surface area contributed by atoms with E-state index in [1.54, 1.807) is 5.38 Å². The van der Waals surface area contributed by atoms with Crippen molar-refractivity contribution >= 4 is 21.4 Å². The molecule has 0 unspecified atom stereocenters. The second kappa shape index (κ2) is 6.12. The highest BCUT2D eigenvalue weighted by Gasteiger charge is 2.24. The lowest BCUT2D eigenvalue weighted by molar-refractivity contribution is -0.00515. The van der Waals surface area contributed by atoms with Gasteiger partial charge in [-0.1, -0.05) is 0 Å². The number of aliphatic hydroxyl groups excluding tert-OH is 1. The minimum atomic E-state index is -3.59. The Bertz CT molecular complexity index is 479. The minimum absolute atomic E-state index is 0.141. The lowest BCUT2D eigenvalue weighted by Crippen LogP contribution is -2.40. The molecular formula is C11H19NO4S2. The summed E-state index contributed by atoms with van der Waals surface area (Å²) in [6.45, 7) is 5.93. The highest BCUT2D eigenvalue weighted by Crippen LogP contribution is 2.22. The quantitative estimate of drug-likeness (QED) is 0.795. The van der Waals surface area contributed by atoms with Gasteiger partial charge in [-0.3, -0.25) is 0 Å². The molecule has 0 fully saturated rings. The number of hydrogen-bond donors (Lipinski definition) is 2. The molecule has 0 aliphatic heterocycles. The number of thiophene rings is 1. The van der Waals surface area contributed by atoms with Crippen LogP contribution in [0.3, 0.4) is 0 Å². The van der Waals surface area contributed by atoms with Crippen LogP contribution in [-0.2, 0) is 21.4 Å². The van der Waals surface area contributed by atoms with E-state index in [1.165, 1.54) is 17.4 Å². The van der Waals surface area contributed by atoms with Crippen molar-refractivity contribution in [3.63, 3.8) is 0 Å². The molecule has 0 amide bonds. The Morgan fingerprint density at radius 1 is 1.50 bits per heavy atom. The van der Waals surface area contributed by atoms with Crippen LogP contribution in [0.5, 0.6) is 0 Å². The predicted octanol–water partition coefficient (Wildman–Crippen LogP) is 1.33. The fraction of sp³-hybridized carbons (Fsp3) is 0.636. The van der Waals surface area contributed by atoms with Gasteiger partial charge in [0.1, 0.15) is 0 Å². The van der Waals surface area contributed by atoms with Crippen LogP contribution in [0.25, 0.3) is 0 Å². The van der Waals surface area contributed by atoms with E-state index in [0.29, 0.717) is 11.5 Å². The van der Waals surface area contributed by atoms with Gasteiger partial charge in [-0.2, -0.15) is 0 Å². The zero-order valence-corrected chi connectivity index (χ0v) is 12.4. The number of rotatable bonds is 7. The maximum Gasteiger partial charge on any atom is 0.241 e. The van der Waals surface area contributed by atoms with Crippen LogP contribution < -0.4 is 4.72 Å². The monoisotopic (exact) mass is 293 g/mol.